The number of fused-ring (bicyclic) bond motifs is 1. The molecule has 0 aliphatic carbocycles. The van der Waals surface area contributed by atoms with Crippen LogP contribution in [0.5, 0.6) is 0 Å². The number of pyridine rings is 1. The van der Waals surface area contributed by atoms with Crippen LogP contribution in [0.2, 0.25) is 10.0 Å². The number of anilines is 1. The molecule has 0 spiro atoms. The topological polar surface area (TPSA) is 67.0 Å². The number of benzene rings is 1. The van der Waals surface area contributed by atoms with E-state index in [0.29, 0.717) is 15.9 Å². The van der Waals surface area contributed by atoms with Gasteiger partial charge in [-0.2, -0.15) is 0 Å². The Bertz CT molecular complexity index is 956. The number of hydrogen-bond acceptors (Lipinski definition) is 3. The monoisotopic (exact) mass is 387 g/mol. The fourth-order valence-electron chi connectivity index (χ4n) is 2.33. The first kappa shape index (κ1) is 18.0. The van der Waals surface area contributed by atoms with Gasteiger partial charge in [-0.3, -0.25) is 4.79 Å². The molecule has 1 aromatic carbocycles. The number of carbonyl (C=O) groups excluding carboxylic acids is 1. The summed E-state index contributed by atoms with van der Waals surface area (Å²) in [5.41, 5.74) is 1.72. The third-order valence-electron chi connectivity index (χ3n) is 3.56. The van der Waals surface area contributed by atoms with Crippen LogP contribution in [-0.2, 0) is 9.53 Å². The van der Waals surface area contributed by atoms with Crippen LogP contribution >= 0.6 is 23.2 Å². The molecule has 26 heavy (non-hydrogen) atoms. The lowest BCUT2D eigenvalue weighted by molar-refractivity contribution is -0.115. The Labute approximate surface area is 160 Å². The maximum atomic E-state index is 12.2. The van der Waals surface area contributed by atoms with Gasteiger partial charge in [0.1, 0.15) is 5.82 Å². The van der Waals surface area contributed by atoms with Crippen molar-refractivity contribution in [1.82, 2.24) is 9.97 Å². The minimum absolute atomic E-state index is 0.161. The number of amides is 1. The van der Waals surface area contributed by atoms with Crippen LogP contribution in [0.3, 0.4) is 0 Å². The highest BCUT2D eigenvalue weighted by Crippen LogP contribution is 2.28. The lowest BCUT2D eigenvalue weighted by atomic mass is 10.2. The van der Waals surface area contributed by atoms with Gasteiger partial charge < -0.3 is 15.0 Å². The second-order valence-electron chi connectivity index (χ2n) is 5.34. The highest BCUT2D eigenvalue weighted by molar-refractivity contribution is 6.42. The smallest absolute Gasteiger partial charge is 0.291 e. The molecule has 1 amide bonds. The molecule has 7 heteroatoms. The molecule has 2 aromatic heterocycles. The Morgan fingerprint density at radius 2 is 2.04 bits per heavy atom. The third-order valence-corrected chi connectivity index (χ3v) is 4.28. The summed E-state index contributed by atoms with van der Waals surface area (Å²) >= 11 is 12.0. The summed E-state index contributed by atoms with van der Waals surface area (Å²) in [5, 5.41) is 4.60. The summed E-state index contributed by atoms with van der Waals surface area (Å²) in [7, 11) is 1.44. The number of ether oxygens (including phenoxy) is 1. The molecule has 0 saturated carbocycles. The fourth-order valence-corrected chi connectivity index (χ4v) is 2.66. The SMILES string of the molecule is CO/C(=C/C=C/c1cc2cc(Cl)c(Cl)cc2[nH]1)C(=O)Nc1ccccn1. The summed E-state index contributed by atoms with van der Waals surface area (Å²) in [6.45, 7) is 0. The maximum Gasteiger partial charge on any atom is 0.291 e. The first-order valence-corrected chi connectivity index (χ1v) is 8.45. The van der Waals surface area contributed by atoms with Crippen molar-refractivity contribution in [1.29, 1.82) is 0 Å². The zero-order chi connectivity index (χ0) is 18.5. The third kappa shape index (κ3) is 4.25. The minimum Gasteiger partial charge on any atom is -0.491 e. The van der Waals surface area contributed by atoms with Crippen molar-refractivity contribution in [3.63, 3.8) is 0 Å². The summed E-state index contributed by atoms with van der Waals surface area (Å²) in [5.74, 6) is 0.231. The second-order valence-corrected chi connectivity index (χ2v) is 6.16. The van der Waals surface area contributed by atoms with Crippen LogP contribution in [0.4, 0.5) is 5.82 Å². The number of rotatable bonds is 5. The second kappa shape index (κ2) is 8.08. The molecule has 0 unspecified atom stereocenters. The average molecular weight is 388 g/mol. The Morgan fingerprint density at radius 1 is 1.23 bits per heavy atom. The molecule has 5 nitrogen and oxygen atoms in total. The molecule has 0 saturated heterocycles. The van der Waals surface area contributed by atoms with E-state index in [1.54, 1.807) is 48.7 Å². The predicted octanol–water partition coefficient (Wildman–Crippen LogP) is 5.05. The summed E-state index contributed by atoms with van der Waals surface area (Å²) < 4.78 is 5.14. The highest BCUT2D eigenvalue weighted by Gasteiger charge is 2.09. The summed E-state index contributed by atoms with van der Waals surface area (Å²) in [4.78, 5) is 19.4. The number of nitrogens with zero attached hydrogens (tertiary/aromatic N) is 1. The van der Waals surface area contributed by atoms with Crippen molar-refractivity contribution in [2.24, 2.45) is 0 Å². The van der Waals surface area contributed by atoms with Crippen molar-refractivity contribution in [2.75, 3.05) is 12.4 Å². The van der Waals surface area contributed by atoms with Crippen molar-refractivity contribution in [2.45, 2.75) is 0 Å². The molecular formula is C19H15Cl2N3O2. The number of nitrogens with one attached hydrogen (secondary N) is 2. The van der Waals surface area contributed by atoms with Crippen molar-refractivity contribution in [3.05, 3.63) is 76.2 Å². The standard InChI is InChI=1S/C19H15Cl2N3O2/c1-26-17(19(25)24-18-7-2-3-8-22-18)6-4-5-13-9-12-10-14(20)15(21)11-16(12)23-13/h2-11,23H,1H3,(H,22,24,25)/b5-4+,17-6+. The largest absolute Gasteiger partial charge is 0.491 e. The number of hydrogen-bond donors (Lipinski definition) is 2. The highest BCUT2D eigenvalue weighted by atomic mass is 35.5. The average Bonchev–Trinajstić information content (AvgIpc) is 3.01. The Hall–Kier alpha value is -2.76. The molecule has 0 aliphatic heterocycles. The van der Waals surface area contributed by atoms with Gasteiger partial charge in [-0.25, -0.2) is 4.98 Å². The Morgan fingerprint density at radius 3 is 2.77 bits per heavy atom. The van der Waals surface area contributed by atoms with Crippen LogP contribution in [0.15, 0.2) is 60.5 Å². The zero-order valence-electron chi connectivity index (χ0n) is 13.8. The predicted molar refractivity (Wildman–Crippen MR) is 105 cm³/mol. The van der Waals surface area contributed by atoms with Crippen molar-refractivity contribution in [3.8, 4) is 0 Å². The van der Waals surface area contributed by atoms with Gasteiger partial charge in [0.2, 0.25) is 0 Å². The Kier molecular flexibility index (Phi) is 5.61. The van der Waals surface area contributed by atoms with Crippen molar-refractivity contribution < 1.29 is 9.53 Å². The quantitative estimate of drug-likeness (QED) is 0.365. The lowest BCUT2D eigenvalue weighted by Crippen LogP contribution is -2.16. The summed E-state index contributed by atoms with van der Waals surface area (Å²) in [6, 6.07) is 10.8. The molecule has 132 valence electrons. The van der Waals surface area contributed by atoms with E-state index in [1.807, 2.05) is 12.1 Å². The van der Waals surface area contributed by atoms with E-state index < -0.39 is 0 Å². The normalized spacial score (nSPS) is 11.9. The number of allylic oxidation sites excluding steroid dienone is 2. The number of H-pyrrole nitrogens is 1. The zero-order valence-corrected chi connectivity index (χ0v) is 15.3. The molecule has 0 radical (unpaired) electrons. The van der Waals surface area contributed by atoms with Gasteiger partial charge in [0.15, 0.2) is 5.76 Å². The van der Waals surface area contributed by atoms with Gasteiger partial charge >= 0.3 is 0 Å². The first-order chi connectivity index (χ1) is 12.6. The van der Waals surface area contributed by atoms with Crippen LogP contribution < -0.4 is 5.32 Å². The molecule has 0 aliphatic rings. The van der Waals surface area contributed by atoms with E-state index in [4.69, 9.17) is 27.9 Å². The van der Waals surface area contributed by atoms with E-state index in [9.17, 15) is 4.79 Å². The van der Waals surface area contributed by atoms with E-state index in [0.717, 1.165) is 16.6 Å². The first-order valence-electron chi connectivity index (χ1n) is 7.69. The molecule has 0 atom stereocenters. The van der Waals surface area contributed by atoms with Gasteiger partial charge in [-0.1, -0.05) is 35.3 Å². The number of aromatic amines is 1. The number of halogens is 2. The molecule has 0 bridgehead atoms. The molecule has 2 N–H and O–H groups in total. The number of aromatic nitrogens is 2. The van der Waals surface area contributed by atoms with E-state index in [2.05, 4.69) is 15.3 Å². The maximum absolute atomic E-state index is 12.2. The lowest BCUT2D eigenvalue weighted by Gasteiger charge is -2.06. The van der Waals surface area contributed by atoms with Crippen LogP contribution in [0, 0.1) is 0 Å². The molecular weight excluding hydrogens is 373 g/mol. The number of methoxy groups -OCH3 is 1. The summed E-state index contributed by atoms with van der Waals surface area (Å²) in [6.07, 6.45) is 6.70. The van der Waals surface area contributed by atoms with Gasteiger partial charge in [0.25, 0.3) is 5.91 Å². The number of carbonyl (C=O) groups is 1. The van der Waals surface area contributed by atoms with Crippen LogP contribution in [-0.4, -0.2) is 23.0 Å². The fraction of sp³-hybridized carbons (Fsp3) is 0.0526. The van der Waals surface area contributed by atoms with Gasteiger partial charge in [-0.05, 0) is 42.5 Å². The van der Waals surface area contributed by atoms with E-state index in [-0.39, 0.29) is 11.7 Å². The van der Waals surface area contributed by atoms with E-state index in [1.165, 1.54) is 7.11 Å². The molecule has 0 fully saturated rings. The van der Waals surface area contributed by atoms with Gasteiger partial charge in [0.05, 0.1) is 17.2 Å². The van der Waals surface area contributed by atoms with Crippen LogP contribution in [0.1, 0.15) is 5.69 Å². The molecule has 3 rings (SSSR count). The Balaban J connectivity index is 1.75. The van der Waals surface area contributed by atoms with Crippen molar-refractivity contribution >= 4 is 51.9 Å². The van der Waals surface area contributed by atoms with E-state index >= 15 is 0 Å². The molecule has 3 aromatic rings. The van der Waals surface area contributed by atoms with Gasteiger partial charge in [0, 0.05) is 22.8 Å². The van der Waals surface area contributed by atoms with Crippen LogP contribution in [0.25, 0.3) is 17.0 Å². The molecule has 2 heterocycles. The van der Waals surface area contributed by atoms with Gasteiger partial charge in [-0.15, -0.1) is 0 Å². The minimum atomic E-state index is -0.383.